The zero-order valence-corrected chi connectivity index (χ0v) is 15.1. The molecule has 0 aliphatic rings. The molecule has 0 saturated carbocycles. The summed E-state index contributed by atoms with van der Waals surface area (Å²) < 4.78 is 15.5. The van der Waals surface area contributed by atoms with Gasteiger partial charge in [0, 0.05) is 18.7 Å². The fourth-order valence-electron chi connectivity index (χ4n) is 2.35. The molecule has 1 N–H and O–H groups in total. The fourth-order valence-corrected chi connectivity index (χ4v) is 2.35. The van der Waals surface area contributed by atoms with Gasteiger partial charge < -0.3 is 19.5 Å². The maximum atomic E-state index is 11.3. The quantitative estimate of drug-likeness (QED) is 0.568. The first-order valence-electron chi connectivity index (χ1n) is 7.32. The minimum Gasteiger partial charge on any atom is -0.497 e. The highest BCUT2D eigenvalue weighted by Crippen LogP contribution is 2.34. The van der Waals surface area contributed by atoms with Crippen molar-refractivity contribution in [3.05, 3.63) is 57.6 Å². The maximum Gasteiger partial charge on any atom is 0.277 e. The van der Waals surface area contributed by atoms with Crippen LogP contribution in [0.5, 0.6) is 17.2 Å². The van der Waals surface area contributed by atoms with E-state index in [2.05, 4.69) is 5.32 Å². The van der Waals surface area contributed by atoms with Crippen LogP contribution in [0.4, 0.5) is 5.69 Å². The molecule has 7 nitrogen and oxygen atoms in total. The number of nitro groups is 1. The van der Waals surface area contributed by atoms with Crippen LogP contribution in [0.3, 0.4) is 0 Å². The van der Waals surface area contributed by atoms with Crippen LogP contribution in [-0.2, 0) is 13.1 Å². The lowest BCUT2D eigenvalue weighted by Crippen LogP contribution is -2.14. The Balaban J connectivity index is 0.00000312. The molecule has 0 saturated heterocycles. The number of methoxy groups -OCH3 is 3. The summed E-state index contributed by atoms with van der Waals surface area (Å²) in [5.41, 5.74) is 1.55. The molecule has 0 atom stereocenters. The predicted octanol–water partition coefficient (Wildman–Crippen LogP) is 3.33. The molecular weight excluding hydrogens is 348 g/mol. The highest BCUT2D eigenvalue weighted by molar-refractivity contribution is 5.85. The van der Waals surface area contributed by atoms with E-state index in [0.717, 1.165) is 11.3 Å². The standard InChI is InChI=1S/C17H20N2O5.ClH/c1-22-14-6-4-5-12(7-14)10-18-11-13-8-16(23-2)17(24-3)9-15(13)19(20)21;/h4-9,18H,10-11H2,1-3H3;1H. The van der Waals surface area contributed by atoms with Crippen LogP contribution in [0.25, 0.3) is 0 Å². The van der Waals surface area contributed by atoms with E-state index in [1.807, 2.05) is 24.3 Å². The van der Waals surface area contributed by atoms with Crippen LogP contribution in [-0.4, -0.2) is 26.3 Å². The molecule has 0 radical (unpaired) electrons. The van der Waals surface area contributed by atoms with Gasteiger partial charge in [-0.15, -0.1) is 12.4 Å². The second kappa shape index (κ2) is 9.71. The molecule has 0 aromatic heterocycles. The fraction of sp³-hybridized carbons (Fsp3) is 0.294. The summed E-state index contributed by atoms with van der Waals surface area (Å²) in [6.45, 7) is 0.885. The molecule has 2 rings (SSSR count). The van der Waals surface area contributed by atoms with Gasteiger partial charge in [-0.1, -0.05) is 12.1 Å². The van der Waals surface area contributed by atoms with Crippen molar-refractivity contribution in [2.75, 3.05) is 21.3 Å². The van der Waals surface area contributed by atoms with Crippen LogP contribution >= 0.6 is 12.4 Å². The topological polar surface area (TPSA) is 82.9 Å². The lowest BCUT2D eigenvalue weighted by Gasteiger charge is -2.11. The number of ether oxygens (including phenoxy) is 3. The monoisotopic (exact) mass is 368 g/mol. The molecule has 0 aliphatic carbocycles. The molecule has 8 heteroatoms. The van der Waals surface area contributed by atoms with Crippen molar-refractivity contribution in [3.8, 4) is 17.2 Å². The molecule has 0 bridgehead atoms. The van der Waals surface area contributed by atoms with Crippen molar-refractivity contribution in [3.63, 3.8) is 0 Å². The Morgan fingerprint density at radius 3 is 2.28 bits per heavy atom. The normalized spacial score (nSPS) is 9.88. The summed E-state index contributed by atoms with van der Waals surface area (Å²) in [6, 6.07) is 10.6. The Labute approximate surface area is 152 Å². The third kappa shape index (κ3) is 5.23. The van der Waals surface area contributed by atoms with E-state index in [9.17, 15) is 10.1 Å². The van der Waals surface area contributed by atoms with E-state index in [4.69, 9.17) is 14.2 Å². The van der Waals surface area contributed by atoms with Gasteiger partial charge in [-0.25, -0.2) is 0 Å². The van der Waals surface area contributed by atoms with Crippen LogP contribution in [0, 0.1) is 10.1 Å². The van der Waals surface area contributed by atoms with Crippen LogP contribution in [0.2, 0.25) is 0 Å². The number of nitro benzene ring substituents is 1. The Kier molecular flexibility index (Phi) is 7.97. The van der Waals surface area contributed by atoms with E-state index < -0.39 is 4.92 Å². The van der Waals surface area contributed by atoms with Gasteiger partial charge in [-0.3, -0.25) is 10.1 Å². The van der Waals surface area contributed by atoms with Crippen molar-refractivity contribution in [1.29, 1.82) is 0 Å². The predicted molar refractivity (Wildman–Crippen MR) is 97.0 cm³/mol. The van der Waals surface area contributed by atoms with Crippen molar-refractivity contribution in [1.82, 2.24) is 5.32 Å². The average molecular weight is 369 g/mol. The Morgan fingerprint density at radius 2 is 1.68 bits per heavy atom. The van der Waals surface area contributed by atoms with Gasteiger partial charge in [0.25, 0.3) is 5.69 Å². The van der Waals surface area contributed by atoms with Crippen LogP contribution in [0.1, 0.15) is 11.1 Å². The molecular formula is C17H21ClN2O5. The van der Waals surface area contributed by atoms with E-state index in [1.165, 1.54) is 20.3 Å². The zero-order valence-electron chi connectivity index (χ0n) is 14.3. The number of benzene rings is 2. The number of halogens is 1. The Bertz CT molecular complexity index is 724. The van der Waals surface area contributed by atoms with Gasteiger partial charge in [-0.2, -0.15) is 0 Å². The molecule has 0 amide bonds. The Hall–Kier alpha value is -2.51. The van der Waals surface area contributed by atoms with E-state index in [-0.39, 0.29) is 18.1 Å². The summed E-state index contributed by atoms with van der Waals surface area (Å²) >= 11 is 0. The molecule has 0 fully saturated rings. The van der Waals surface area contributed by atoms with Crippen molar-refractivity contribution >= 4 is 18.1 Å². The lowest BCUT2D eigenvalue weighted by atomic mass is 10.1. The van der Waals surface area contributed by atoms with Gasteiger partial charge >= 0.3 is 0 Å². The molecule has 2 aromatic rings. The first-order valence-corrected chi connectivity index (χ1v) is 7.32. The van der Waals surface area contributed by atoms with Crippen molar-refractivity contribution in [2.45, 2.75) is 13.1 Å². The van der Waals surface area contributed by atoms with Gasteiger partial charge in [0.05, 0.1) is 32.3 Å². The number of nitrogens with one attached hydrogen (secondary N) is 1. The minimum atomic E-state index is -0.426. The van der Waals surface area contributed by atoms with Crippen LogP contribution in [0.15, 0.2) is 36.4 Å². The average Bonchev–Trinajstić information content (AvgIpc) is 2.61. The first kappa shape index (κ1) is 20.5. The second-order valence-electron chi connectivity index (χ2n) is 5.05. The number of hydrogen-bond acceptors (Lipinski definition) is 6. The molecule has 0 spiro atoms. The summed E-state index contributed by atoms with van der Waals surface area (Å²) in [6.07, 6.45) is 0. The van der Waals surface area contributed by atoms with Crippen LogP contribution < -0.4 is 19.5 Å². The molecule has 0 unspecified atom stereocenters. The van der Waals surface area contributed by atoms with Crippen molar-refractivity contribution in [2.24, 2.45) is 0 Å². The van der Waals surface area contributed by atoms with Gasteiger partial charge in [-0.05, 0) is 23.8 Å². The number of hydrogen-bond donors (Lipinski definition) is 1. The zero-order chi connectivity index (χ0) is 17.5. The van der Waals surface area contributed by atoms with Gasteiger partial charge in [0.1, 0.15) is 5.75 Å². The molecule has 2 aromatic carbocycles. The third-order valence-electron chi connectivity index (χ3n) is 3.56. The Morgan fingerprint density at radius 1 is 1.00 bits per heavy atom. The summed E-state index contributed by atoms with van der Waals surface area (Å²) in [5, 5.41) is 14.5. The molecule has 136 valence electrons. The van der Waals surface area contributed by atoms with E-state index in [0.29, 0.717) is 30.2 Å². The van der Waals surface area contributed by atoms with Gasteiger partial charge in [0.2, 0.25) is 0 Å². The van der Waals surface area contributed by atoms with Crippen molar-refractivity contribution < 1.29 is 19.1 Å². The molecule has 25 heavy (non-hydrogen) atoms. The SMILES string of the molecule is COc1cccc(CNCc2cc(OC)c(OC)cc2[N+](=O)[O-])c1.Cl. The smallest absolute Gasteiger partial charge is 0.277 e. The number of nitrogens with zero attached hydrogens (tertiary/aromatic N) is 1. The lowest BCUT2D eigenvalue weighted by molar-refractivity contribution is -0.385. The second-order valence-corrected chi connectivity index (χ2v) is 5.05. The first-order chi connectivity index (χ1) is 11.6. The van der Waals surface area contributed by atoms with E-state index in [1.54, 1.807) is 13.2 Å². The van der Waals surface area contributed by atoms with E-state index >= 15 is 0 Å². The summed E-state index contributed by atoms with van der Waals surface area (Å²) in [5.74, 6) is 1.56. The molecule has 0 aliphatic heterocycles. The highest BCUT2D eigenvalue weighted by Gasteiger charge is 2.19. The number of rotatable bonds is 8. The third-order valence-corrected chi connectivity index (χ3v) is 3.56. The largest absolute Gasteiger partial charge is 0.497 e. The minimum absolute atomic E-state index is 0. The van der Waals surface area contributed by atoms with Gasteiger partial charge in [0.15, 0.2) is 11.5 Å². The molecule has 0 heterocycles. The highest BCUT2D eigenvalue weighted by atomic mass is 35.5. The maximum absolute atomic E-state index is 11.3. The summed E-state index contributed by atoms with van der Waals surface area (Å²) in [4.78, 5) is 10.8. The summed E-state index contributed by atoms with van der Waals surface area (Å²) in [7, 11) is 4.55.